The van der Waals surface area contributed by atoms with Gasteiger partial charge in [-0.1, -0.05) is 18.2 Å². The van der Waals surface area contributed by atoms with Crippen molar-refractivity contribution in [2.24, 2.45) is 5.73 Å². The monoisotopic (exact) mass is 310 g/mol. The van der Waals surface area contributed by atoms with Gasteiger partial charge in [0.1, 0.15) is 6.10 Å². The van der Waals surface area contributed by atoms with Crippen molar-refractivity contribution in [3.63, 3.8) is 0 Å². The highest BCUT2D eigenvalue weighted by atomic mass is 16.6. The third kappa shape index (κ3) is 3.42. The fourth-order valence-corrected chi connectivity index (χ4v) is 2.47. The number of nitrogens with two attached hydrogens (primary N) is 1. The van der Waals surface area contributed by atoms with Gasteiger partial charge in [0.25, 0.3) is 0 Å². The van der Waals surface area contributed by atoms with Crippen LogP contribution < -0.4 is 16.0 Å². The number of hydrogen-bond acceptors (Lipinski definition) is 5. The number of aromatic nitrogens is 1. The van der Waals surface area contributed by atoms with Crippen molar-refractivity contribution < 1.29 is 9.53 Å². The van der Waals surface area contributed by atoms with Crippen molar-refractivity contribution in [2.75, 3.05) is 18.0 Å². The molecule has 1 fully saturated rings. The van der Waals surface area contributed by atoms with Crippen LogP contribution in [0, 0.1) is 0 Å². The van der Waals surface area contributed by atoms with Crippen LogP contribution in [0.4, 0.5) is 10.5 Å². The van der Waals surface area contributed by atoms with E-state index in [1.807, 2.05) is 42.6 Å². The number of rotatable bonds is 5. The molecule has 1 unspecified atom stereocenters. The van der Waals surface area contributed by atoms with Crippen LogP contribution in [0.5, 0.6) is 0 Å². The largest absolute Gasteiger partial charge is 0.442 e. The second-order valence-corrected chi connectivity index (χ2v) is 5.17. The quantitative estimate of drug-likeness (QED) is 0.884. The van der Waals surface area contributed by atoms with Gasteiger partial charge in [0.15, 0.2) is 0 Å². The van der Waals surface area contributed by atoms with Gasteiger partial charge in [0.2, 0.25) is 0 Å². The second-order valence-electron chi connectivity index (χ2n) is 5.17. The zero-order valence-electron chi connectivity index (χ0n) is 12.6. The molecular weight excluding hydrogens is 292 g/mol. The van der Waals surface area contributed by atoms with Gasteiger partial charge in [-0.2, -0.15) is 0 Å². The number of carbonyl (C=O) groups excluding carboxylic acids is 1. The molecule has 1 aliphatic heterocycles. The average Bonchev–Trinajstić information content (AvgIpc) is 2.97. The smallest absolute Gasteiger partial charge is 0.414 e. The molecule has 0 spiro atoms. The van der Waals surface area contributed by atoms with Crippen molar-refractivity contribution >= 4 is 11.8 Å². The van der Waals surface area contributed by atoms with Crippen molar-refractivity contribution in [1.29, 1.82) is 0 Å². The Bertz CT molecular complexity index is 685. The summed E-state index contributed by atoms with van der Waals surface area (Å²) in [5.41, 5.74) is 8.17. The summed E-state index contributed by atoms with van der Waals surface area (Å²) in [6, 6.07) is 11.7. The summed E-state index contributed by atoms with van der Waals surface area (Å²) in [6.07, 6.45) is 6.06. The molecule has 6 nitrogen and oxygen atoms in total. The van der Waals surface area contributed by atoms with E-state index >= 15 is 0 Å². The lowest BCUT2D eigenvalue weighted by Gasteiger charge is -2.13. The van der Waals surface area contributed by atoms with Crippen LogP contribution in [0.15, 0.2) is 61.2 Å². The van der Waals surface area contributed by atoms with E-state index in [0.29, 0.717) is 13.1 Å². The number of anilines is 1. The molecular formula is C17H18N4O2. The molecule has 0 saturated carbocycles. The normalized spacial score (nSPS) is 17.5. The molecule has 6 heteroatoms. The summed E-state index contributed by atoms with van der Waals surface area (Å²) in [5.74, 6) is 0. The maximum Gasteiger partial charge on any atom is 0.414 e. The lowest BCUT2D eigenvalue weighted by Crippen LogP contribution is -2.28. The summed E-state index contributed by atoms with van der Waals surface area (Å²) >= 11 is 0. The molecule has 1 saturated heterocycles. The minimum Gasteiger partial charge on any atom is -0.442 e. The molecule has 23 heavy (non-hydrogen) atoms. The fourth-order valence-electron chi connectivity index (χ4n) is 2.47. The fraction of sp³-hybridized carbons (Fsp3) is 0.176. The van der Waals surface area contributed by atoms with Gasteiger partial charge in [-0.3, -0.25) is 9.88 Å². The summed E-state index contributed by atoms with van der Waals surface area (Å²) < 4.78 is 5.33. The molecule has 0 radical (unpaired) electrons. The Labute approximate surface area is 134 Å². The van der Waals surface area contributed by atoms with E-state index in [1.165, 1.54) is 6.20 Å². The van der Waals surface area contributed by atoms with Gasteiger partial charge in [0, 0.05) is 30.5 Å². The number of carbonyl (C=O) groups is 1. The second kappa shape index (κ2) is 6.83. The topological polar surface area (TPSA) is 80.5 Å². The molecule has 3 rings (SSSR count). The Balaban J connectivity index is 1.69. The molecule has 3 N–H and O–H groups in total. The van der Waals surface area contributed by atoms with Crippen LogP contribution in [-0.4, -0.2) is 30.3 Å². The van der Waals surface area contributed by atoms with Crippen molar-refractivity contribution in [3.05, 3.63) is 61.2 Å². The Kier molecular flexibility index (Phi) is 4.42. The first-order valence-electron chi connectivity index (χ1n) is 7.36. The molecule has 1 aromatic carbocycles. The average molecular weight is 310 g/mol. The van der Waals surface area contributed by atoms with Gasteiger partial charge in [-0.05, 0) is 29.3 Å². The van der Waals surface area contributed by atoms with Crippen molar-refractivity contribution in [1.82, 2.24) is 10.3 Å². The number of nitrogens with zero attached hydrogens (tertiary/aromatic N) is 2. The first kappa shape index (κ1) is 14.9. The van der Waals surface area contributed by atoms with E-state index in [1.54, 1.807) is 17.3 Å². The number of hydrogen-bond donors (Lipinski definition) is 2. The standard InChI is InChI=1S/C17H18N4O2/c18-7-9-20-11-16-12-21(17(22)23-16)15-5-3-13(4-6-15)14-2-1-8-19-10-14/h1-10,16,20H,11-12,18H2/b9-7-. The highest BCUT2D eigenvalue weighted by molar-refractivity contribution is 5.90. The van der Waals surface area contributed by atoms with E-state index in [2.05, 4.69) is 10.3 Å². The summed E-state index contributed by atoms with van der Waals surface area (Å²) in [6.45, 7) is 1.04. The van der Waals surface area contributed by atoms with Gasteiger partial charge >= 0.3 is 6.09 Å². The minimum absolute atomic E-state index is 0.198. The zero-order chi connectivity index (χ0) is 16.1. The van der Waals surface area contributed by atoms with Gasteiger partial charge in [0.05, 0.1) is 13.1 Å². The molecule has 0 aliphatic carbocycles. The molecule has 2 aromatic rings. The Morgan fingerprint density at radius 3 is 2.83 bits per heavy atom. The number of ether oxygens (including phenoxy) is 1. The minimum atomic E-state index is -0.331. The Morgan fingerprint density at radius 2 is 2.13 bits per heavy atom. The number of nitrogens with one attached hydrogen (secondary N) is 1. The number of benzene rings is 1. The predicted molar refractivity (Wildman–Crippen MR) is 88.6 cm³/mol. The van der Waals surface area contributed by atoms with Crippen LogP contribution in [0.2, 0.25) is 0 Å². The highest BCUT2D eigenvalue weighted by Crippen LogP contribution is 2.25. The van der Waals surface area contributed by atoms with Gasteiger partial charge in [-0.25, -0.2) is 4.79 Å². The Morgan fingerprint density at radius 1 is 1.30 bits per heavy atom. The first-order chi connectivity index (χ1) is 11.3. The number of cyclic esters (lactones) is 1. The number of amides is 1. The maximum absolute atomic E-state index is 12.0. The van der Waals surface area contributed by atoms with Crippen LogP contribution in [0.3, 0.4) is 0 Å². The van der Waals surface area contributed by atoms with E-state index in [9.17, 15) is 4.79 Å². The molecule has 118 valence electrons. The van der Waals surface area contributed by atoms with Crippen molar-refractivity contribution in [2.45, 2.75) is 6.10 Å². The van der Waals surface area contributed by atoms with Crippen molar-refractivity contribution in [3.8, 4) is 11.1 Å². The van der Waals surface area contributed by atoms with E-state index < -0.39 is 0 Å². The first-order valence-corrected chi connectivity index (χ1v) is 7.36. The molecule has 1 atom stereocenters. The highest BCUT2D eigenvalue weighted by Gasteiger charge is 2.31. The zero-order valence-corrected chi connectivity index (χ0v) is 12.6. The molecule has 1 aromatic heterocycles. The third-order valence-electron chi connectivity index (χ3n) is 3.61. The molecule has 1 aliphatic rings. The lowest BCUT2D eigenvalue weighted by atomic mass is 10.1. The van der Waals surface area contributed by atoms with Crippen LogP contribution >= 0.6 is 0 Å². The van der Waals surface area contributed by atoms with E-state index in [4.69, 9.17) is 10.5 Å². The van der Waals surface area contributed by atoms with Gasteiger partial charge in [-0.15, -0.1) is 0 Å². The van der Waals surface area contributed by atoms with E-state index in [-0.39, 0.29) is 12.2 Å². The lowest BCUT2D eigenvalue weighted by molar-refractivity contribution is 0.142. The summed E-state index contributed by atoms with van der Waals surface area (Å²) in [4.78, 5) is 17.7. The number of pyridine rings is 1. The Hall–Kier alpha value is -3.02. The van der Waals surface area contributed by atoms with Crippen LogP contribution in [0.25, 0.3) is 11.1 Å². The summed E-state index contributed by atoms with van der Waals surface area (Å²) in [7, 11) is 0. The third-order valence-corrected chi connectivity index (χ3v) is 3.61. The SMILES string of the molecule is N/C=C\NCC1CN(c2ccc(-c3cccnc3)cc2)C(=O)O1. The molecule has 1 amide bonds. The summed E-state index contributed by atoms with van der Waals surface area (Å²) in [5, 5.41) is 2.98. The van der Waals surface area contributed by atoms with Crippen LogP contribution in [0.1, 0.15) is 0 Å². The molecule has 2 heterocycles. The molecule has 0 bridgehead atoms. The predicted octanol–water partition coefficient (Wildman–Crippen LogP) is 2.09. The maximum atomic E-state index is 12.0. The van der Waals surface area contributed by atoms with Gasteiger partial charge < -0.3 is 15.8 Å². The van der Waals surface area contributed by atoms with E-state index in [0.717, 1.165) is 16.8 Å². The van der Waals surface area contributed by atoms with Crippen LogP contribution in [-0.2, 0) is 4.74 Å².